The molecule has 0 saturated heterocycles. The van der Waals surface area contributed by atoms with Gasteiger partial charge in [-0.1, -0.05) is 118 Å². The van der Waals surface area contributed by atoms with Crippen molar-refractivity contribution in [3.05, 3.63) is 118 Å². The van der Waals surface area contributed by atoms with Crippen LogP contribution in [0.5, 0.6) is 0 Å². The van der Waals surface area contributed by atoms with E-state index in [0.29, 0.717) is 39.9 Å². The number of rotatable bonds is 11. The number of hydrogen-bond donors (Lipinski definition) is 2. The third kappa shape index (κ3) is 9.12. The van der Waals surface area contributed by atoms with E-state index in [1.165, 1.54) is 6.07 Å². The Morgan fingerprint density at radius 3 is 2.13 bits per heavy atom. The van der Waals surface area contributed by atoms with E-state index in [9.17, 15) is 18.0 Å². The van der Waals surface area contributed by atoms with Crippen molar-refractivity contribution in [1.82, 2.24) is 9.62 Å². The Hall–Kier alpha value is -3.85. The van der Waals surface area contributed by atoms with Crippen LogP contribution in [-0.4, -0.2) is 31.8 Å². The van der Waals surface area contributed by atoms with Crippen molar-refractivity contribution in [2.24, 2.45) is 0 Å². The Morgan fingerprint density at radius 1 is 0.826 bits per heavy atom. The molecule has 4 aromatic carbocycles. The maximum absolute atomic E-state index is 13.4. The summed E-state index contributed by atoms with van der Waals surface area (Å²) in [5.41, 5.74) is 3.72. The minimum Gasteiger partial charge on any atom is -0.320 e. The lowest BCUT2D eigenvalue weighted by atomic mass is 9.87. The second kappa shape index (κ2) is 15.2. The highest BCUT2D eigenvalue weighted by atomic mass is 35.5. The number of nitrogens with one attached hydrogen (secondary N) is 2. The Labute approximate surface area is 282 Å². The highest BCUT2D eigenvalue weighted by Gasteiger charge is 2.23. The normalized spacial score (nSPS) is 11.6. The van der Waals surface area contributed by atoms with Crippen molar-refractivity contribution in [2.75, 3.05) is 11.9 Å². The van der Waals surface area contributed by atoms with Crippen LogP contribution in [-0.2, 0) is 22.0 Å². The van der Waals surface area contributed by atoms with Crippen LogP contribution >= 0.6 is 23.2 Å². The highest BCUT2D eigenvalue weighted by Crippen LogP contribution is 2.29. The first kappa shape index (κ1) is 35.0. The lowest BCUT2D eigenvalue weighted by Crippen LogP contribution is -2.35. The van der Waals surface area contributed by atoms with Gasteiger partial charge in [-0.15, -0.1) is 0 Å². The molecule has 4 aromatic rings. The van der Waals surface area contributed by atoms with E-state index in [0.717, 1.165) is 30.4 Å². The van der Waals surface area contributed by atoms with Gasteiger partial charge in [-0.2, -0.15) is 0 Å². The number of urea groups is 1. The molecular weight excluding hydrogens is 641 g/mol. The summed E-state index contributed by atoms with van der Waals surface area (Å²) in [4.78, 5) is 27.9. The first-order valence-electron chi connectivity index (χ1n) is 15.2. The zero-order valence-electron chi connectivity index (χ0n) is 26.4. The summed E-state index contributed by atoms with van der Waals surface area (Å²) in [6.07, 6.45) is 2.85. The summed E-state index contributed by atoms with van der Waals surface area (Å²) in [5.74, 6) is -0.701. The van der Waals surface area contributed by atoms with Crippen molar-refractivity contribution in [2.45, 2.75) is 63.8 Å². The molecule has 0 saturated carbocycles. The van der Waals surface area contributed by atoms with Crippen molar-refractivity contribution in [1.29, 1.82) is 0 Å². The van der Waals surface area contributed by atoms with Gasteiger partial charge in [-0.3, -0.25) is 4.79 Å². The fourth-order valence-electron chi connectivity index (χ4n) is 4.89. The van der Waals surface area contributed by atoms with Crippen molar-refractivity contribution in [3.63, 3.8) is 0 Å². The summed E-state index contributed by atoms with van der Waals surface area (Å²) >= 11 is 12.2. The summed E-state index contributed by atoms with van der Waals surface area (Å²) < 4.78 is 29.1. The molecule has 3 amide bonds. The Balaban J connectivity index is 1.51. The minimum atomic E-state index is -4.19. The van der Waals surface area contributed by atoms with Crippen LogP contribution in [0.4, 0.5) is 10.5 Å². The van der Waals surface area contributed by atoms with E-state index in [1.54, 1.807) is 53.4 Å². The molecule has 0 aliphatic rings. The molecule has 0 bridgehead atoms. The average molecular weight is 681 g/mol. The molecule has 0 atom stereocenters. The molecule has 46 heavy (non-hydrogen) atoms. The molecule has 0 radical (unpaired) electrons. The highest BCUT2D eigenvalue weighted by molar-refractivity contribution is 7.90. The maximum atomic E-state index is 13.4. The van der Waals surface area contributed by atoms with Crippen molar-refractivity contribution in [3.8, 4) is 11.1 Å². The number of carbonyl (C=O) groups is 2. The number of benzene rings is 4. The SMILES string of the molecule is CCCCCN(Cc1ccc(-c2ccccc2S(=O)(=O)NC(=O)c2ccc(C(C)(C)C)cc2)cc1)C(=O)Nc1ccc(Cl)c(Cl)c1. The van der Waals surface area contributed by atoms with Gasteiger partial charge in [-0.05, 0) is 64.9 Å². The van der Waals surface area contributed by atoms with Gasteiger partial charge < -0.3 is 10.2 Å². The zero-order chi connectivity index (χ0) is 33.5. The summed E-state index contributed by atoms with van der Waals surface area (Å²) in [6.45, 7) is 9.21. The third-order valence-electron chi connectivity index (χ3n) is 7.54. The van der Waals surface area contributed by atoms with Gasteiger partial charge in [0.2, 0.25) is 0 Å². The van der Waals surface area contributed by atoms with Crippen molar-refractivity contribution < 1.29 is 18.0 Å². The second-order valence-electron chi connectivity index (χ2n) is 12.1. The molecule has 2 N–H and O–H groups in total. The predicted octanol–water partition coefficient (Wildman–Crippen LogP) is 9.30. The second-order valence-corrected chi connectivity index (χ2v) is 14.6. The molecule has 4 rings (SSSR count). The molecule has 0 spiro atoms. The van der Waals surface area contributed by atoms with Gasteiger partial charge in [0.15, 0.2) is 0 Å². The number of nitrogens with zero attached hydrogens (tertiary/aromatic N) is 1. The van der Waals surface area contributed by atoms with E-state index in [4.69, 9.17) is 23.2 Å². The standard InChI is InChI=1S/C36H39Cl2N3O4S/c1-5-6-9-22-41(35(43)39-29-20-21-31(37)32(38)23-29)24-25-12-14-26(15-13-25)30-10-7-8-11-33(30)46(44,45)40-34(42)27-16-18-28(19-17-27)36(2,3)4/h7-8,10-21,23H,5-6,9,22,24H2,1-4H3,(H,39,43)(H,40,42). The molecule has 0 unspecified atom stereocenters. The Morgan fingerprint density at radius 2 is 1.50 bits per heavy atom. The topological polar surface area (TPSA) is 95.6 Å². The lowest BCUT2D eigenvalue weighted by molar-refractivity contribution is 0.0981. The fourth-order valence-corrected chi connectivity index (χ4v) is 6.39. The number of unbranched alkanes of at least 4 members (excludes halogenated alkanes) is 2. The summed E-state index contributed by atoms with van der Waals surface area (Å²) in [5, 5.41) is 3.65. The number of halogens is 2. The van der Waals surface area contributed by atoms with E-state index < -0.39 is 15.9 Å². The molecule has 0 aliphatic carbocycles. The van der Waals surface area contributed by atoms with E-state index >= 15 is 0 Å². The molecule has 0 aromatic heterocycles. The molecule has 242 valence electrons. The fraction of sp³-hybridized carbons (Fsp3) is 0.278. The van der Waals surface area contributed by atoms with Crippen LogP contribution in [0, 0.1) is 0 Å². The van der Waals surface area contributed by atoms with Gasteiger partial charge in [0.05, 0.1) is 14.9 Å². The van der Waals surface area contributed by atoms with Crippen LogP contribution in [0.1, 0.15) is 68.4 Å². The summed E-state index contributed by atoms with van der Waals surface area (Å²) in [6, 6.07) is 25.5. The number of anilines is 1. The quantitative estimate of drug-likeness (QED) is 0.154. The van der Waals surface area contributed by atoms with Gasteiger partial charge >= 0.3 is 6.03 Å². The minimum absolute atomic E-state index is 0.00962. The Bertz CT molecular complexity index is 1790. The predicted molar refractivity (Wildman–Crippen MR) is 187 cm³/mol. The monoisotopic (exact) mass is 679 g/mol. The van der Waals surface area contributed by atoms with Crippen LogP contribution in [0.2, 0.25) is 10.0 Å². The molecule has 0 fully saturated rings. The number of carbonyl (C=O) groups excluding carboxylic acids is 2. The van der Waals surface area contributed by atoms with E-state index in [1.807, 2.05) is 36.4 Å². The summed E-state index contributed by atoms with van der Waals surface area (Å²) in [7, 11) is -4.19. The van der Waals surface area contributed by atoms with Crippen LogP contribution < -0.4 is 10.0 Å². The number of hydrogen-bond acceptors (Lipinski definition) is 4. The molecule has 0 aliphatic heterocycles. The van der Waals surface area contributed by atoms with Crippen LogP contribution in [0.3, 0.4) is 0 Å². The first-order chi connectivity index (χ1) is 21.8. The molecule has 0 heterocycles. The molecule has 7 nitrogen and oxygen atoms in total. The lowest BCUT2D eigenvalue weighted by Gasteiger charge is -2.23. The molecule has 10 heteroatoms. The zero-order valence-corrected chi connectivity index (χ0v) is 28.8. The average Bonchev–Trinajstić information content (AvgIpc) is 3.02. The van der Waals surface area contributed by atoms with Gasteiger partial charge in [0.25, 0.3) is 15.9 Å². The van der Waals surface area contributed by atoms with E-state index in [-0.39, 0.29) is 21.9 Å². The van der Waals surface area contributed by atoms with E-state index in [2.05, 4.69) is 37.7 Å². The van der Waals surface area contributed by atoms with Crippen LogP contribution in [0.15, 0.2) is 95.9 Å². The van der Waals surface area contributed by atoms with Gasteiger partial charge in [0.1, 0.15) is 0 Å². The van der Waals surface area contributed by atoms with Gasteiger partial charge in [0, 0.05) is 29.9 Å². The third-order valence-corrected chi connectivity index (χ3v) is 9.67. The smallest absolute Gasteiger partial charge is 0.320 e. The van der Waals surface area contributed by atoms with Crippen LogP contribution in [0.25, 0.3) is 11.1 Å². The largest absolute Gasteiger partial charge is 0.322 e. The number of sulfonamides is 1. The Kier molecular flexibility index (Phi) is 11.5. The molecular formula is C36H39Cl2N3O4S. The van der Waals surface area contributed by atoms with Gasteiger partial charge in [-0.25, -0.2) is 17.9 Å². The maximum Gasteiger partial charge on any atom is 0.322 e. The first-order valence-corrected chi connectivity index (χ1v) is 17.4. The van der Waals surface area contributed by atoms with Crippen molar-refractivity contribution >= 4 is 50.9 Å². The number of amides is 3.